The predicted molar refractivity (Wildman–Crippen MR) is 151 cm³/mol. The van der Waals surface area contributed by atoms with E-state index < -0.39 is 11.6 Å². The largest absolute Gasteiger partial charge is 0.354 e. The number of nitrogens with one attached hydrogen (secondary N) is 3. The molecule has 6 rings (SSSR count). The molecule has 202 valence electrons. The van der Waals surface area contributed by atoms with Gasteiger partial charge in [-0.15, -0.1) is 0 Å². The third kappa shape index (κ3) is 5.19. The average Bonchev–Trinajstić information content (AvgIpc) is 3.40. The highest BCUT2D eigenvalue weighted by Gasteiger charge is 2.18. The van der Waals surface area contributed by atoms with Crippen LogP contribution in [0.25, 0.3) is 22.0 Å². The van der Waals surface area contributed by atoms with E-state index in [1.807, 2.05) is 30.3 Å². The summed E-state index contributed by atoms with van der Waals surface area (Å²) in [6, 6.07) is 14.6. The van der Waals surface area contributed by atoms with Crippen molar-refractivity contribution in [3.8, 4) is 11.1 Å². The van der Waals surface area contributed by atoms with Crippen LogP contribution in [0.15, 0.2) is 73.2 Å². The van der Waals surface area contributed by atoms with Gasteiger partial charge in [-0.3, -0.25) is 14.9 Å². The number of pyridine rings is 2. The maximum atomic E-state index is 14.1. The first-order chi connectivity index (χ1) is 19.4. The summed E-state index contributed by atoms with van der Waals surface area (Å²) in [6.45, 7) is 3.78. The van der Waals surface area contributed by atoms with Gasteiger partial charge in [-0.05, 0) is 55.1 Å². The smallest absolute Gasteiger partial charge is 0.276 e. The van der Waals surface area contributed by atoms with Crippen molar-refractivity contribution in [1.82, 2.24) is 25.1 Å². The highest BCUT2D eigenvalue weighted by molar-refractivity contribution is 6.11. The summed E-state index contributed by atoms with van der Waals surface area (Å²) in [7, 11) is 2.10. The van der Waals surface area contributed by atoms with Gasteiger partial charge in [0.05, 0.1) is 29.3 Å². The first-order valence-electron chi connectivity index (χ1n) is 12.8. The molecule has 1 fully saturated rings. The highest BCUT2D eigenvalue weighted by atomic mass is 19.1. The second kappa shape index (κ2) is 10.7. The van der Waals surface area contributed by atoms with E-state index in [1.54, 1.807) is 18.5 Å². The van der Waals surface area contributed by atoms with E-state index in [4.69, 9.17) is 0 Å². The molecule has 0 spiro atoms. The molecule has 2 aromatic carbocycles. The lowest BCUT2D eigenvalue weighted by molar-refractivity contribution is 0.102. The SMILES string of the molecule is CN1CCN(c2ccc(NC(=O)c3n[nH]c4ccc(-c5cncc(Nc6c(F)cccc6F)c5)cc34)cn2)CC1. The number of rotatable bonds is 6. The second-order valence-electron chi connectivity index (χ2n) is 9.67. The van der Waals surface area contributed by atoms with Crippen molar-refractivity contribution in [2.24, 2.45) is 0 Å². The van der Waals surface area contributed by atoms with Gasteiger partial charge in [0.1, 0.15) is 23.1 Å². The molecular weight excluding hydrogens is 514 g/mol. The van der Waals surface area contributed by atoms with E-state index in [1.165, 1.54) is 24.4 Å². The number of fused-ring (bicyclic) bond motifs is 1. The number of benzene rings is 2. The molecule has 5 aromatic rings. The standard InChI is InChI=1S/C29H26F2N8O/c1-38-9-11-39(12-10-38)26-8-6-20(17-33-26)35-29(40)27-22-14-18(5-7-25(22)36-37-27)19-13-21(16-32-15-19)34-28-23(30)3-2-4-24(28)31/h2-8,13-17,34H,9-12H2,1H3,(H,35,40)(H,36,37). The number of hydrogen-bond acceptors (Lipinski definition) is 7. The summed E-state index contributed by atoms with van der Waals surface area (Å²) in [4.78, 5) is 26.4. The molecule has 3 N–H and O–H groups in total. The van der Waals surface area contributed by atoms with Crippen LogP contribution in [0.3, 0.4) is 0 Å². The van der Waals surface area contributed by atoms with Crippen molar-refractivity contribution >= 4 is 39.7 Å². The molecule has 0 aliphatic carbocycles. The summed E-state index contributed by atoms with van der Waals surface area (Å²) in [5.41, 5.74) is 3.10. The number of likely N-dealkylation sites (N-methyl/N-ethyl adjacent to an activating group) is 1. The molecule has 0 saturated carbocycles. The topological polar surface area (TPSA) is 102 Å². The number of nitrogens with zero attached hydrogens (tertiary/aromatic N) is 5. The zero-order chi connectivity index (χ0) is 27.6. The minimum atomic E-state index is -0.704. The molecule has 3 aromatic heterocycles. The van der Waals surface area contributed by atoms with E-state index in [0.29, 0.717) is 27.8 Å². The molecule has 0 atom stereocenters. The molecule has 11 heteroatoms. The van der Waals surface area contributed by atoms with Crippen LogP contribution in [0.2, 0.25) is 0 Å². The van der Waals surface area contributed by atoms with E-state index in [-0.39, 0.29) is 17.3 Å². The van der Waals surface area contributed by atoms with Gasteiger partial charge in [0.25, 0.3) is 5.91 Å². The molecule has 0 radical (unpaired) electrons. The summed E-state index contributed by atoms with van der Waals surface area (Å²) in [5.74, 6) is -0.903. The van der Waals surface area contributed by atoms with Gasteiger partial charge in [0, 0.05) is 43.3 Å². The molecule has 4 heterocycles. The first kappa shape index (κ1) is 25.4. The van der Waals surface area contributed by atoms with Crippen molar-refractivity contribution in [1.29, 1.82) is 0 Å². The molecule has 0 unspecified atom stereocenters. The van der Waals surface area contributed by atoms with Crippen LogP contribution in [0, 0.1) is 11.6 Å². The Morgan fingerprint density at radius 1 is 0.900 bits per heavy atom. The predicted octanol–water partition coefficient (Wildman–Crippen LogP) is 5.05. The summed E-state index contributed by atoms with van der Waals surface area (Å²) in [6.07, 6.45) is 4.76. The molecule has 0 bridgehead atoms. The minimum absolute atomic E-state index is 0.232. The number of carbonyl (C=O) groups excluding carboxylic acids is 1. The number of carbonyl (C=O) groups is 1. The Hall–Kier alpha value is -4.90. The van der Waals surface area contributed by atoms with Gasteiger partial charge in [-0.25, -0.2) is 13.8 Å². The van der Waals surface area contributed by atoms with Gasteiger partial charge in [0.15, 0.2) is 5.69 Å². The average molecular weight is 541 g/mol. The van der Waals surface area contributed by atoms with Crippen LogP contribution >= 0.6 is 0 Å². The van der Waals surface area contributed by atoms with Crippen LogP contribution in [-0.4, -0.2) is 64.2 Å². The first-order valence-corrected chi connectivity index (χ1v) is 12.8. The number of para-hydroxylation sites is 1. The summed E-state index contributed by atoms with van der Waals surface area (Å²) >= 11 is 0. The Labute approximate surface area is 228 Å². The van der Waals surface area contributed by atoms with E-state index in [2.05, 4.69) is 47.6 Å². The molecular formula is C29H26F2N8O. The fourth-order valence-corrected chi connectivity index (χ4v) is 4.67. The van der Waals surface area contributed by atoms with Crippen molar-refractivity contribution in [3.05, 3.63) is 90.5 Å². The Morgan fingerprint density at radius 2 is 1.70 bits per heavy atom. The molecule has 1 saturated heterocycles. The third-order valence-corrected chi connectivity index (χ3v) is 6.91. The van der Waals surface area contributed by atoms with Gasteiger partial charge in [0.2, 0.25) is 0 Å². The fourth-order valence-electron chi connectivity index (χ4n) is 4.67. The van der Waals surface area contributed by atoms with E-state index in [9.17, 15) is 13.6 Å². The van der Waals surface area contributed by atoms with E-state index in [0.717, 1.165) is 37.6 Å². The lowest BCUT2D eigenvalue weighted by Crippen LogP contribution is -2.44. The number of aromatic amines is 1. The van der Waals surface area contributed by atoms with Crippen LogP contribution in [0.5, 0.6) is 0 Å². The third-order valence-electron chi connectivity index (χ3n) is 6.91. The molecule has 1 aliphatic rings. The Bertz CT molecular complexity index is 1660. The molecule has 1 aliphatic heterocycles. The quantitative estimate of drug-likeness (QED) is 0.277. The van der Waals surface area contributed by atoms with Gasteiger partial charge >= 0.3 is 0 Å². The van der Waals surface area contributed by atoms with Crippen LogP contribution < -0.4 is 15.5 Å². The Morgan fingerprint density at radius 3 is 2.45 bits per heavy atom. The van der Waals surface area contributed by atoms with E-state index >= 15 is 0 Å². The van der Waals surface area contributed by atoms with Crippen LogP contribution in [0.1, 0.15) is 10.5 Å². The zero-order valence-corrected chi connectivity index (χ0v) is 21.7. The molecule has 1 amide bonds. The number of amides is 1. The number of halogens is 2. The van der Waals surface area contributed by atoms with Crippen LogP contribution in [-0.2, 0) is 0 Å². The number of aromatic nitrogens is 4. The monoisotopic (exact) mass is 540 g/mol. The lowest BCUT2D eigenvalue weighted by atomic mass is 10.0. The van der Waals surface area contributed by atoms with Crippen molar-refractivity contribution in [2.75, 3.05) is 48.8 Å². The zero-order valence-electron chi connectivity index (χ0n) is 21.7. The lowest BCUT2D eigenvalue weighted by Gasteiger charge is -2.33. The fraction of sp³-hybridized carbons (Fsp3) is 0.172. The Kier molecular flexibility index (Phi) is 6.79. The Balaban J connectivity index is 1.21. The van der Waals surface area contributed by atoms with Gasteiger partial charge in [-0.2, -0.15) is 5.10 Å². The second-order valence-corrected chi connectivity index (χ2v) is 9.67. The highest BCUT2D eigenvalue weighted by Crippen LogP contribution is 2.29. The summed E-state index contributed by atoms with van der Waals surface area (Å²) < 4.78 is 28.2. The minimum Gasteiger partial charge on any atom is -0.354 e. The number of H-pyrrole nitrogens is 1. The normalized spacial score (nSPS) is 13.9. The maximum absolute atomic E-state index is 14.1. The van der Waals surface area contributed by atoms with Crippen molar-refractivity contribution in [2.45, 2.75) is 0 Å². The number of anilines is 4. The summed E-state index contributed by atoms with van der Waals surface area (Å²) in [5, 5.41) is 13.4. The van der Waals surface area contributed by atoms with Crippen molar-refractivity contribution < 1.29 is 13.6 Å². The van der Waals surface area contributed by atoms with Crippen LogP contribution in [0.4, 0.5) is 31.7 Å². The molecule has 40 heavy (non-hydrogen) atoms. The molecule has 9 nitrogen and oxygen atoms in total. The van der Waals surface area contributed by atoms with Crippen molar-refractivity contribution in [3.63, 3.8) is 0 Å². The number of piperazine rings is 1. The number of hydrogen-bond donors (Lipinski definition) is 3. The maximum Gasteiger partial charge on any atom is 0.276 e. The van der Waals surface area contributed by atoms with Gasteiger partial charge in [-0.1, -0.05) is 12.1 Å². The van der Waals surface area contributed by atoms with Gasteiger partial charge < -0.3 is 20.4 Å².